The Morgan fingerprint density at radius 2 is 1.85 bits per heavy atom. The van der Waals surface area contributed by atoms with Crippen LogP contribution in [0.2, 0.25) is 0 Å². The molecule has 1 heterocycles. The molecule has 1 aliphatic rings. The van der Waals surface area contributed by atoms with Gasteiger partial charge >= 0.3 is 0 Å². The van der Waals surface area contributed by atoms with E-state index in [-0.39, 0.29) is 11.8 Å². The molecular formula is C14H28N4O2. The number of nitrogens with one attached hydrogen (secondary N) is 2. The van der Waals surface area contributed by atoms with Gasteiger partial charge in [-0.25, -0.2) is 0 Å². The predicted octanol–water partition coefficient (Wildman–Crippen LogP) is -0.489. The van der Waals surface area contributed by atoms with E-state index in [9.17, 15) is 9.59 Å². The Morgan fingerprint density at radius 3 is 2.35 bits per heavy atom. The lowest BCUT2D eigenvalue weighted by molar-refractivity contribution is -0.135. The van der Waals surface area contributed by atoms with E-state index < -0.39 is 6.04 Å². The molecule has 0 aliphatic carbocycles. The van der Waals surface area contributed by atoms with Crippen molar-refractivity contribution >= 4 is 11.8 Å². The summed E-state index contributed by atoms with van der Waals surface area (Å²) in [4.78, 5) is 27.8. The van der Waals surface area contributed by atoms with Crippen LogP contribution in [0.5, 0.6) is 0 Å². The van der Waals surface area contributed by atoms with Crippen molar-refractivity contribution in [2.45, 2.75) is 26.3 Å². The molecule has 0 saturated carbocycles. The fourth-order valence-electron chi connectivity index (χ4n) is 2.32. The van der Waals surface area contributed by atoms with E-state index in [1.54, 1.807) is 14.1 Å². The first-order valence-electron chi connectivity index (χ1n) is 7.33. The van der Waals surface area contributed by atoms with Crippen LogP contribution in [0.3, 0.4) is 0 Å². The summed E-state index contributed by atoms with van der Waals surface area (Å²) in [6.45, 7) is 8.07. The Bertz CT molecular complexity index is 325. The van der Waals surface area contributed by atoms with E-state index >= 15 is 0 Å². The zero-order chi connectivity index (χ0) is 15.1. The number of likely N-dealkylation sites (N-methyl/N-ethyl adjacent to an activating group) is 1. The Balaban J connectivity index is 2.50. The van der Waals surface area contributed by atoms with Crippen molar-refractivity contribution in [2.24, 2.45) is 5.92 Å². The van der Waals surface area contributed by atoms with Gasteiger partial charge in [0, 0.05) is 40.3 Å². The van der Waals surface area contributed by atoms with Crippen LogP contribution >= 0.6 is 0 Å². The van der Waals surface area contributed by atoms with Crippen LogP contribution in [0, 0.1) is 5.92 Å². The quantitative estimate of drug-likeness (QED) is 0.691. The first-order valence-corrected chi connectivity index (χ1v) is 7.33. The van der Waals surface area contributed by atoms with E-state index in [4.69, 9.17) is 0 Å². The van der Waals surface area contributed by atoms with Crippen LogP contribution in [-0.2, 0) is 9.59 Å². The number of hydrogen-bond acceptors (Lipinski definition) is 4. The maximum Gasteiger partial charge on any atom is 0.244 e. The molecule has 1 saturated heterocycles. The van der Waals surface area contributed by atoms with Gasteiger partial charge in [-0.3, -0.25) is 14.5 Å². The summed E-state index contributed by atoms with van der Waals surface area (Å²) in [5, 5.41) is 6.14. The highest BCUT2D eigenvalue weighted by molar-refractivity contribution is 5.88. The van der Waals surface area contributed by atoms with Crippen molar-refractivity contribution < 1.29 is 9.59 Å². The number of nitrogens with zero attached hydrogens (tertiary/aromatic N) is 2. The highest BCUT2D eigenvalue weighted by Crippen LogP contribution is 2.07. The third-order valence-electron chi connectivity index (χ3n) is 3.36. The Kier molecular flexibility index (Phi) is 6.95. The predicted molar refractivity (Wildman–Crippen MR) is 79.4 cm³/mol. The van der Waals surface area contributed by atoms with Crippen molar-refractivity contribution in [3.05, 3.63) is 0 Å². The summed E-state index contributed by atoms with van der Waals surface area (Å²) in [5.41, 5.74) is 0. The lowest BCUT2D eigenvalue weighted by atomic mass is 10.0. The van der Waals surface area contributed by atoms with Gasteiger partial charge in [-0.2, -0.15) is 0 Å². The minimum atomic E-state index is -0.416. The van der Waals surface area contributed by atoms with Crippen LogP contribution < -0.4 is 10.6 Å². The van der Waals surface area contributed by atoms with Gasteiger partial charge in [0.15, 0.2) is 0 Å². The van der Waals surface area contributed by atoms with Gasteiger partial charge in [0.1, 0.15) is 6.04 Å². The van der Waals surface area contributed by atoms with Crippen molar-refractivity contribution in [3.63, 3.8) is 0 Å². The second-order valence-corrected chi connectivity index (χ2v) is 6.01. The van der Waals surface area contributed by atoms with E-state index in [0.717, 1.165) is 26.2 Å². The van der Waals surface area contributed by atoms with E-state index in [1.807, 2.05) is 0 Å². The van der Waals surface area contributed by atoms with Crippen LogP contribution in [0.1, 0.15) is 20.3 Å². The van der Waals surface area contributed by atoms with E-state index in [1.165, 1.54) is 4.90 Å². The highest BCUT2D eigenvalue weighted by atomic mass is 16.2. The molecule has 116 valence electrons. The lowest BCUT2D eigenvalue weighted by Gasteiger charge is -2.28. The Hall–Kier alpha value is -1.14. The van der Waals surface area contributed by atoms with Crippen LogP contribution in [0.25, 0.3) is 0 Å². The molecule has 6 nitrogen and oxygen atoms in total. The van der Waals surface area contributed by atoms with E-state index in [0.29, 0.717) is 18.9 Å². The fraction of sp³-hybridized carbons (Fsp3) is 0.857. The van der Waals surface area contributed by atoms with Gasteiger partial charge < -0.3 is 15.5 Å². The minimum Gasteiger partial charge on any atom is -0.347 e. The summed E-state index contributed by atoms with van der Waals surface area (Å²) in [7, 11) is 3.44. The van der Waals surface area contributed by atoms with Crippen LogP contribution in [0.15, 0.2) is 0 Å². The highest BCUT2D eigenvalue weighted by Gasteiger charge is 2.24. The molecule has 20 heavy (non-hydrogen) atoms. The minimum absolute atomic E-state index is 0.0349. The second-order valence-electron chi connectivity index (χ2n) is 6.01. The third-order valence-corrected chi connectivity index (χ3v) is 3.36. The molecule has 0 radical (unpaired) electrons. The first-order chi connectivity index (χ1) is 9.40. The maximum absolute atomic E-state index is 12.1. The van der Waals surface area contributed by atoms with Crippen LogP contribution in [0.4, 0.5) is 0 Å². The summed E-state index contributed by atoms with van der Waals surface area (Å²) in [6.07, 6.45) is 0.671. The molecule has 6 heteroatoms. The Labute approximate surface area is 121 Å². The van der Waals surface area contributed by atoms with Gasteiger partial charge in [0.05, 0.1) is 6.54 Å². The first kappa shape index (κ1) is 16.9. The van der Waals surface area contributed by atoms with Gasteiger partial charge in [-0.05, 0) is 12.3 Å². The molecular weight excluding hydrogens is 256 g/mol. The van der Waals surface area contributed by atoms with Crippen molar-refractivity contribution in [1.82, 2.24) is 20.4 Å². The van der Waals surface area contributed by atoms with Gasteiger partial charge in [-0.15, -0.1) is 0 Å². The lowest BCUT2D eigenvalue weighted by Crippen LogP contribution is -2.52. The molecule has 1 unspecified atom stereocenters. The normalized spacial score (nSPS) is 17.9. The standard InChI is InChI=1S/C14H28N4O2/c1-11(2)9-12(14(20)17(3)4)16-13(19)10-18-7-5-15-6-8-18/h11-12,15H,5-10H2,1-4H3,(H,16,19). The largest absolute Gasteiger partial charge is 0.347 e. The molecule has 1 fully saturated rings. The number of amides is 2. The van der Waals surface area contributed by atoms with Gasteiger partial charge in [-0.1, -0.05) is 13.8 Å². The number of piperazine rings is 1. The average molecular weight is 284 g/mol. The van der Waals surface area contributed by atoms with Crippen molar-refractivity contribution in [1.29, 1.82) is 0 Å². The summed E-state index contributed by atoms with van der Waals surface area (Å²) < 4.78 is 0. The van der Waals surface area contributed by atoms with Gasteiger partial charge in [0.25, 0.3) is 0 Å². The smallest absolute Gasteiger partial charge is 0.244 e. The zero-order valence-electron chi connectivity index (χ0n) is 13.1. The number of rotatable bonds is 6. The summed E-state index contributed by atoms with van der Waals surface area (Å²) in [5.74, 6) is 0.267. The third kappa shape index (κ3) is 5.88. The van der Waals surface area contributed by atoms with Crippen LogP contribution in [-0.4, -0.2) is 74.5 Å². The molecule has 1 atom stereocenters. The molecule has 0 bridgehead atoms. The Morgan fingerprint density at radius 1 is 1.25 bits per heavy atom. The van der Waals surface area contributed by atoms with Crippen molar-refractivity contribution in [3.8, 4) is 0 Å². The molecule has 1 aliphatic heterocycles. The molecule has 1 rings (SSSR count). The zero-order valence-corrected chi connectivity index (χ0v) is 13.1. The molecule has 0 aromatic rings. The molecule has 0 aromatic carbocycles. The topological polar surface area (TPSA) is 64.7 Å². The monoisotopic (exact) mass is 284 g/mol. The molecule has 0 aromatic heterocycles. The molecule has 2 amide bonds. The maximum atomic E-state index is 12.1. The molecule has 0 spiro atoms. The average Bonchev–Trinajstić information content (AvgIpc) is 2.37. The SMILES string of the molecule is CC(C)CC(NC(=O)CN1CCNCC1)C(=O)N(C)C. The number of hydrogen-bond donors (Lipinski definition) is 2. The number of carbonyl (C=O) groups excluding carboxylic acids is 2. The van der Waals surface area contributed by atoms with E-state index in [2.05, 4.69) is 29.4 Å². The fourth-order valence-corrected chi connectivity index (χ4v) is 2.32. The van der Waals surface area contributed by atoms with Crippen molar-refractivity contribution in [2.75, 3.05) is 46.8 Å². The van der Waals surface area contributed by atoms with Gasteiger partial charge in [0.2, 0.25) is 11.8 Å². The number of carbonyl (C=O) groups is 2. The molecule has 2 N–H and O–H groups in total. The second kappa shape index (κ2) is 8.21. The summed E-state index contributed by atoms with van der Waals surface area (Å²) >= 11 is 0. The summed E-state index contributed by atoms with van der Waals surface area (Å²) in [6, 6.07) is -0.416.